The van der Waals surface area contributed by atoms with Crippen molar-refractivity contribution in [2.75, 3.05) is 33.7 Å². The van der Waals surface area contributed by atoms with Crippen LogP contribution in [0.5, 0.6) is 0 Å². The van der Waals surface area contributed by atoms with Gasteiger partial charge in [0.25, 0.3) is 0 Å². The van der Waals surface area contributed by atoms with Gasteiger partial charge in [0, 0.05) is 19.5 Å². The number of carbonyl (C=O) groups excluding carboxylic acids is 2. The Morgan fingerprint density at radius 1 is 1.03 bits per heavy atom. The van der Waals surface area contributed by atoms with Crippen LogP contribution in [0.15, 0.2) is 30.3 Å². The third-order valence-corrected chi connectivity index (χ3v) is 5.79. The molecule has 0 atom stereocenters. The van der Waals surface area contributed by atoms with Crippen LogP contribution in [0.2, 0.25) is 0 Å². The lowest BCUT2D eigenvalue weighted by molar-refractivity contribution is -0.141. The van der Waals surface area contributed by atoms with Crippen LogP contribution in [0.3, 0.4) is 0 Å². The van der Waals surface area contributed by atoms with Gasteiger partial charge in [0.2, 0.25) is 5.91 Å². The molecule has 166 valence electrons. The molecule has 30 heavy (non-hydrogen) atoms. The summed E-state index contributed by atoms with van der Waals surface area (Å²) in [5, 5.41) is 12.2. The molecule has 3 amide bonds. The first kappa shape index (κ1) is 23.9. The number of benzene rings is 1. The van der Waals surface area contributed by atoms with E-state index in [0.717, 1.165) is 44.2 Å². The molecule has 0 saturated heterocycles. The Balaban J connectivity index is 2.05. The summed E-state index contributed by atoms with van der Waals surface area (Å²) in [7, 11) is 3.95. The largest absolute Gasteiger partial charge is 0.481 e. The smallest absolute Gasteiger partial charge is 0.324 e. The van der Waals surface area contributed by atoms with E-state index in [9.17, 15) is 19.5 Å². The zero-order valence-corrected chi connectivity index (χ0v) is 18.2. The van der Waals surface area contributed by atoms with Crippen LogP contribution in [0.25, 0.3) is 0 Å². The normalized spacial score (nSPS) is 15.2. The first-order chi connectivity index (χ1) is 14.3. The number of hydrogen-bond acceptors (Lipinski definition) is 4. The molecule has 7 heteroatoms. The molecule has 2 rings (SSSR count). The summed E-state index contributed by atoms with van der Waals surface area (Å²) in [5.74, 6) is -1.16. The minimum atomic E-state index is -0.881. The van der Waals surface area contributed by atoms with Crippen molar-refractivity contribution in [3.8, 4) is 0 Å². The summed E-state index contributed by atoms with van der Waals surface area (Å²) in [4.78, 5) is 40.7. The number of nitrogens with one attached hydrogen (secondary N) is 1. The van der Waals surface area contributed by atoms with Crippen LogP contribution in [0.4, 0.5) is 4.79 Å². The van der Waals surface area contributed by atoms with Crippen molar-refractivity contribution >= 4 is 17.9 Å². The second-order valence-electron chi connectivity index (χ2n) is 8.62. The third kappa shape index (κ3) is 7.78. The highest BCUT2D eigenvalue weighted by Gasteiger charge is 2.39. The predicted molar refractivity (Wildman–Crippen MR) is 116 cm³/mol. The molecule has 1 aromatic carbocycles. The second kappa shape index (κ2) is 11.7. The average molecular weight is 418 g/mol. The number of aliphatic carboxylic acids is 1. The van der Waals surface area contributed by atoms with Gasteiger partial charge in [-0.15, -0.1) is 0 Å². The number of carbonyl (C=O) groups is 3. The molecular weight excluding hydrogens is 382 g/mol. The van der Waals surface area contributed by atoms with E-state index in [4.69, 9.17) is 0 Å². The van der Waals surface area contributed by atoms with E-state index < -0.39 is 17.4 Å². The number of amides is 3. The van der Waals surface area contributed by atoms with Gasteiger partial charge >= 0.3 is 12.0 Å². The summed E-state index contributed by atoms with van der Waals surface area (Å²) in [6.07, 6.45) is 4.77. The molecule has 0 heterocycles. The highest BCUT2D eigenvalue weighted by atomic mass is 16.4. The molecule has 0 spiro atoms. The predicted octanol–water partition coefficient (Wildman–Crippen LogP) is 3.14. The third-order valence-electron chi connectivity index (χ3n) is 5.79. The number of nitrogens with zero attached hydrogens (tertiary/aromatic N) is 2. The minimum Gasteiger partial charge on any atom is -0.481 e. The van der Waals surface area contributed by atoms with E-state index >= 15 is 0 Å². The van der Waals surface area contributed by atoms with Crippen molar-refractivity contribution in [3.05, 3.63) is 35.9 Å². The number of hydrogen-bond donors (Lipinski definition) is 2. The second-order valence-corrected chi connectivity index (χ2v) is 8.62. The summed E-state index contributed by atoms with van der Waals surface area (Å²) >= 11 is 0. The SMILES string of the molecule is CN(C)CCCNC(=O)N(CCc1ccccc1)C(=O)CC1(CC(=O)O)CCCC1. The molecule has 1 aliphatic rings. The number of carboxylic acids is 1. The molecule has 0 aliphatic heterocycles. The Hall–Kier alpha value is -2.41. The lowest BCUT2D eigenvalue weighted by Crippen LogP contribution is -2.47. The van der Waals surface area contributed by atoms with Crippen LogP contribution < -0.4 is 5.32 Å². The quantitative estimate of drug-likeness (QED) is 0.540. The van der Waals surface area contributed by atoms with Crippen molar-refractivity contribution in [3.63, 3.8) is 0 Å². The maximum absolute atomic E-state index is 13.2. The number of rotatable bonds is 11. The molecular formula is C23H35N3O4. The first-order valence-corrected chi connectivity index (χ1v) is 10.8. The Bertz CT molecular complexity index is 700. The van der Waals surface area contributed by atoms with E-state index in [1.807, 2.05) is 49.3 Å². The molecule has 1 aromatic rings. The Labute approximate surface area is 179 Å². The minimum absolute atomic E-state index is 0.0181. The molecule has 7 nitrogen and oxygen atoms in total. The molecule has 1 aliphatic carbocycles. The van der Waals surface area contributed by atoms with E-state index in [1.54, 1.807) is 0 Å². The zero-order chi connectivity index (χ0) is 22.0. The molecule has 0 unspecified atom stereocenters. The molecule has 1 saturated carbocycles. The van der Waals surface area contributed by atoms with E-state index in [-0.39, 0.29) is 25.3 Å². The summed E-state index contributed by atoms with van der Waals surface area (Å²) in [5.41, 5.74) is 0.524. The van der Waals surface area contributed by atoms with Gasteiger partial charge in [0.05, 0.1) is 6.42 Å². The standard InChI is InChI=1S/C23H35N3O4/c1-25(2)15-8-14-24-22(30)26(16-11-19-9-4-3-5-10-19)20(27)17-23(18-21(28)29)12-6-7-13-23/h3-5,9-10H,6-8,11-18H2,1-2H3,(H,24,30)(H,28,29). The van der Waals surface area contributed by atoms with Crippen molar-refractivity contribution in [2.45, 2.75) is 51.4 Å². The fourth-order valence-electron chi connectivity index (χ4n) is 4.19. The van der Waals surface area contributed by atoms with Crippen LogP contribution >= 0.6 is 0 Å². The van der Waals surface area contributed by atoms with Gasteiger partial charge in [-0.1, -0.05) is 43.2 Å². The topological polar surface area (TPSA) is 90.0 Å². The van der Waals surface area contributed by atoms with Crippen LogP contribution in [-0.4, -0.2) is 66.5 Å². The van der Waals surface area contributed by atoms with Crippen molar-refractivity contribution in [1.29, 1.82) is 0 Å². The number of imide groups is 1. The molecule has 2 N–H and O–H groups in total. The molecule has 1 fully saturated rings. The lowest BCUT2D eigenvalue weighted by atomic mass is 9.79. The average Bonchev–Trinajstić information content (AvgIpc) is 3.13. The van der Waals surface area contributed by atoms with Crippen LogP contribution in [0.1, 0.15) is 50.5 Å². The van der Waals surface area contributed by atoms with Crippen LogP contribution in [-0.2, 0) is 16.0 Å². The maximum Gasteiger partial charge on any atom is 0.324 e. The highest BCUT2D eigenvalue weighted by molar-refractivity contribution is 5.95. The van der Waals surface area contributed by atoms with Crippen LogP contribution in [0, 0.1) is 5.41 Å². The van der Waals surface area contributed by atoms with Gasteiger partial charge in [-0.05, 0) is 57.3 Å². The maximum atomic E-state index is 13.2. The molecule has 0 radical (unpaired) electrons. The highest BCUT2D eigenvalue weighted by Crippen LogP contribution is 2.44. The van der Waals surface area contributed by atoms with Gasteiger partial charge in [0.1, 0.15) is 0 Å². The Morgan fingerprint density at radius 2 is 1.70 bits per heavy atom. The monoisotopic (exact) mass is 417 g/mol. The summed E-state index contributed by atoms with van der Waals surface area (Å²) in [6, 6.07) is 9.35. The van der Waals surface area contributed by atoms with Gasteiger partial charge in [-0.2, -0.15) is 0 Å². The molecule has 0 aromatic heterocycles. The fourth-order valence-corrected chi connectivity index (χ4v) is 4.19. The number of urea groups is 1. The van der Waals surface area contributed by atoms with Gasteiger partial charge < -0.3 is 15.3 Å². The van der Waals surface area contributed by atoms with Crippen molar-refractivity contribution in [2.24, 2.45) is 5.41 Å². The summed E-state index contributed by atoms with van der Waals surface area (Å²) < 4.78 is 0. The van der Waals surface area contributed by atoms with E-state index in [0.29, 0.717) is 13.0 Å². The fraction of sp³-hybridized carbons (Fsp3) is 0.609. The first-order valence-electron chi connectivity index (χ1n) is 10.8. The summed E-state index contributed by atoms with van der Waals surface area (Å²) in [6.45, 7) is 1.62. The zero-order valence-electron chi connectivity index (χ0n) is 18.2. The lowest BCUT2D eigenvalue weighted by Gasteiger charge is -2.30. The van der Waals surface area contributed by atoms with Gasteiger partial charge in [-0.25, -0.2) is 4.79 Å². The van der Waals surface area contributed by atoms with Gasteiger partial charge in [-0.3, -0.25) is 14.5 Å². The number of carboxylic acid groups (broad SMARTS) is 1. The van der Waals surface area contributed by atoms with E-state index in [1.165, 1.54) is 4.90 Å². The van der Waals surface area contributed by atoms with Crippen molar-refractivity contribution < 1.29 is 19.5 Å². The van der Waals surface area contributed by atoms with Gasteiger partial charge in [0.15, 0.2) is 0 Å². The Morgan fingerprint density at radius 3 is 2.30 bits per heavy atom. The Kier molecular flexibility index (Phi) is 9.30. The van der Waals surface area contributed by atoms with E-state index in [2.05, 4.69) is 5.32 Å². The van der Waals surface area contributed by atoms with Crippen molar-refractivity contribution in [1.82, 2.24) is 15.1 Å². The molecule has 0 bridgehead atoms.